The van der Waals surface area contributed by atoms with E-state index in [2.05, 4.69) is 22.8 Å². The smallest absolute Gasteiger partial charge is 0.407 e. The Morgan fingerprint density at radius 3 is 2.15 bits per heavy atom. The molecule has 0 aliphatic heterocycles. The summed E-state index contributed by atoms with van der Waals surface area (Å²) < 4.78 is 5.59. The molecule has 2 aliphatic carbocycles. The summed E-state index contributed by atoms with van der Waals surface area (Å²) in [5.74, 6) is -1.63. The Balaban J connectivity index is 1.42. The predicted molar refractivity (Wildman–Crippen MR) is 128 cm³/mol. The lowest BCUT2D eigenvalue weighted by Gasteiger charge is -2.39. The summed E-state index contributed by atoms with van der Waals surface area (Å²) in [7, 11) is 3.74. The molecule has 1 fully saturated rings. The zero-order valence-electron chi connectivity index (χ0n) is 19.5. The molecule has 8 nitrogen and oxygen atoms in total. The number of hydrogen-bond acceptors (Lipinski definition) is 5. The van der Waals surface area contributed by atoms with E-state index in [4.69, 9.17) is 4.74 Å². The molecule has 8 heteroatoms. The molecule has 0 heterocycles. The zero-order chi connectivity index (χ0) is 24.3. The molecular weight excluding hydrogens is 434 g/mol. The first-order valence-corrected chi connectivity index (χ1v) is 11.6. The number of alkyl carbamates (subject to hydrolysis) is 1. The lowest BCUT2D eigenvalue weighted by atomic mass is 9.76. The largest absolute Gasteiger partial charge is 0.480 e. The Morgan fingerprint density at radius 2 is 1.65 bits per heavy atom. The fourth-order valence-corrected chi connectivity index (χ4v) is 4.68. The second kappa shape index (κ2) is 9.85. The number of amides is 2. The maximum absolute atomic E-state index is 12.9. The van der Waals surface area contributed by atoms with Gasteiger partial charge in [-0.05, 0) is 68.6 Å². The van der Waals surface area contributed by atoms with Gasteiger partial charge in [-0.15, -0.1) is 0 Å². The highest BCUT2D eigenvalue weighted by molar-refractivity contribution is 5.92. The molecule has 0 aromatic heterocycles. The van der Waals surface area contributed by atoms with E-state index >= 15 is 0 Å². The van der Waals surface area contributed by atoms with Crippen LogP contribution in [0, 0.1) is 0 Å². The lowest BCUT2D eigenvalue weighted by molar-refractivity contribution is -0.152. The fraction of sp³-hybridized carbons (Fsp3) is 0.423. The number of benzene rings is 2. The number of nitrogens with one attached hydrogen (secondary N) is 2. The van der Waals surface area contributed by atoms with Crippen LogP contribution in [0.4, 0.5) is 4.79 Å². The van der Waals surface area contributed by atoms with Gasteiger partial charge in [0.15, 0.2) is 0 Å². The van der Waals surface area contributed by atoms with E-state index in [0.717, 1.165) is 28.7 Å². The van der Waals surface area contributed by atoms with Crippen molar-refractivity contribution in [2.75, 3.05) is 27.2 Å². The molecule has 180 valence electrons. The van der Waals surface area contributed by atoms with Crippen LogP contribution in [-0.2, 0) is 14.3 Å². The molecule has 0 bridgehead atoms. The van der Waals surface area contributed by atoms with Crippen LogP contribution in [0.1, 0.15) is 42.7 Å². The number of fused-ring (bicyclic) bond motifs is 3. The third-order valence-electron chi connectivity index (χ3n) is 6.80. The van der Waals surface area contributed by atoms with Gasteiger partial charge in [0.1, 0.15) is 18.2 Å². The van der Waals surface area contributed by atoms with Gasteiger partial charge < -0.3 is 25.4 Å². The van der Waals surface area contributed by atoms with Crippen molar-refractivity contribution in [2.24, 2.45) is 0 Å². The number of nitrogens with zero attached hydrogens (tertiary/aromatic N) is 1. The summed E-state index contributed by atoms with van der Waals surface area (Å²) in [6.07, 6.45) is 1.16. The average molecular weight is 466 g/mol. The number of aliphatic carboxylic acids is 1. The molecule has 0 radical (unpaired) electrons. The van der Waals surface area contributed by atoms with Crippen LogP contribution in [0.2, 0.25) is 0 Å². The van der Waals surface area contributed by atoms with Crippen molar-refractivity contribution in [3.63, 3.8) is 0 Å². The monoisotopic (exact) mass is 465 g/mol. The van der Waals surface area contributed by atoms with Gasteiger partial charge in [-0.1, -0.05) is 48.5 Å². The zero-order valence-corrected chi connectivity index (χ0v) is 19.5. The third kappa shape index (κ3) is 4.77. The normalized spacial score (nSPS) is 16.7. The molecule has 2 aliphatic rings. The molecule has 1 atom stereocenters. The van der Waals surface area contributed by atoms with Gasteiger partial charge in [0.05, 0.1) is 0 Å². The van der Waals surface area contributed by atoms with E-state index in [1.54, 1.807) is 0 Å². The molecule has 2 aromatic carbocycles. The Labute approximate surface area is 199 Å². The minimum atomic E-state index is -1.24. The number of ether oxygens (including phenoxy) is 1. The quantitative estimate of drug-likeness (QED) is 0.526. The first-order chi connectivity index (χ1) is 16.3. The van der Waals surface area contributed by atoms with Crippen molar-refractivity contribution < 1.29 is 24.2 Å². The molecule has 1 unspecified atom stereocenters. The minimum Gasteiger partial charge on any atom is -0.480 e. The summed E-state index contributed by atoms with van der Waals surface area (Å²) >= 11 is 0. The van der Waals surface area contributed by atoms with Gasteiger partial charge in [-0.3, -0.25) is 4.79 Å². The second-order valence-corrected chi connectivity index (χ2v) is 9.34. The summed E-state index contributed by atoms with van der Waals surface area (Å²) in [6, 6.07) is 15.2. The number of carboxylic acids is 1. The standard InChI is InChI=1S/C26H31N3O5/c1-29(2)15-12-22(23(30)28-26(24(31)32)13-7-14-26)27-25(33)34-16-21-19-10-5-3-8-17(19)18-9-4-6-11-20(18)21/h3-6,8-11,21-22H,7,12-16H2,1-2H3,(H,27,33)(H,28,30)(H,31,32). The van der Waals surface area contributed by atoms with Crippen LogP contribution in [0.15, 0.2) is 48.5 Å². The van der Waals surface area contributed by atoms with Crippen LogP contribution in [0.25, 0.3) is 11.1 Å². The Morgan fingerprint density at radius 1 is 1.06 bits per heavy atom. The lowest BCUT2D eigenvalue weighted by Crippen LogP contribution is -2.62. The molecule has 0 spiro atoms. The Hall–Kier alpha value is -3.39. The highest BCUT2D eigenvalue weighted by atomic mass is 16.5. The molecule has 3 N–H and O–H groups in total. The van der Waals surface area contributed by atoms with E-state index in [0.29, 0.717) is 25.8 Å². The van der Waals surface area contributed by atoms with Crippen LogP contribution in [-0.4, -0.2) is 66.8 Å². The van der Waals surface area contributed by atoms with Gasteiger partial charge in [0, 0.05) is 5.92 Å². The van der Waals surface area contributed by atoms with Gasteiger partial charge in [0.25, 0.3) is 0 Å². The van der Waals surface area contributed by atoms with Gasteiger partial charge >= 0.3 is 12.1 Å². The second-order valence-electron chi connectivity index (χ2n) is 9.34. The van der Waals surface area contributed by atoms with Crippen LogP contribution < -0.4 is 10.6 Å². The molecule has 2 amide bonds. The molecule has 0 saturated heterocycles. The maximum Gasteiger partial charge on any atom is 0.407 e. The topological polar surface area (TPSA) is 108 Å². The molecule has 1 saturated carbocycles. The van der Waals surface area contributed by atoms with Gasteiger partial charge in [0.2, 0.25) is 5.91 Å². The summed E-state index contributed by atoms with van der Waals surface area (Å²) in [5, 5.41) is 14.9. The highest BCUT2D eigenvalue weighted by Crippen LogP contribution is 2.44. The number of carbonyl (C=O) groups excluding carboxylic acids is 2. The van der Waals surface area contributed by atoms with Crippen LogP contribution in [0.3, 0.4) is 0 Å². The van der Waals surface area contributed by atoms with Crippen molar-refractivity contribution in [1.82, 2.24) is 15.5 Å². The molecule has 2 aromatic rings. The van der Waals surface area contributed by atoms with Crippen LogP contribution >= 0.6 is 0 Å². The van der Waals surface area contributed by atoms with Crippen molar-refractivity contribution in [3.05, 3.63) is 59.7 Å². The van der Waals surface area contributed by atoms with E-state index in [-0.39, 0.29) is 12.5 Å². The maximum atomic E-state index is 12.9. The van der Waals surface area contributed by atoms with Crippen LogP contribution in [0.5, 0.6) is 0 Å². The highest BCUT2D eigenvalue weighted by Gasteiger charge is 2.46. The third-order valence-corrected chi connectivity index (χ3v) is 6.80. The number of hydrogen-bond donors (Lipinski definition) is 3. The Kier molecular flexibility index (Phi) is 6.88. The average Bonchev–Trinajstić information content (AvgIpc) is 3.11. The van der Waals surface area contributed by atoms with E-state index in [1.165, 1.54) is 0 Å². The van der Waals surface area contributed by atoms with E-state index < -0.39 is 29.6 Å². The van der Waals surface area contributed by atoms with Crippen molar-refractivity contribution in [1.29, 1.82) is 0 Å². The number of rotatable bonds is 9. The SMILES string of the molecule is CN(C)CCC(NC(=O)OCC1c2ccccc2-c2ccccc21)C(=O)NC1(C(=O)O)CCC1. The summed E-state index contributed by atoms with van der Waals surface area (Å²) in [6.45, 7) is 0.683. The number of carboxylic acid groups (broad SMARTS) is 1. The summed E-state index contributed by atoms with van der Waals surface area (Å²) in [4.78, 5) is 39.2. The molecular formula is C26H31N3O5. The first-order valence-electron chi connectivity index (χ1n) is 11.6. The van der Waals surface area contributed by atoms with Crippen molar-refractivity contribution in [3.8, 4) is 11.1 Å². The van der Waals surface area contributed by atoms with E-state index in [1.807, 2.05) is 55.4 Å². The van der Waals surface area contributed by atoms with E-state index in [9.17, 15) is 19.5 Å². The van der Waals surface area contributed by atoms with Gasteiger partial charge in [-0.25, -0.2) is 9.59 Å². The first kappa shape index (κ1) is 23.8. The fourth-order valence-electron chi connectivity index (χ4n) is 4.68. The number of carbonyl (C=O) groups is 3. The molecule has 4 rings (SSSR count). The van der Waals surface area contributed by atoms with Crippen molar-refractivity contribution in [2.45, 2.75) is 43.2 Å². The molecule has 34 heavy (non-hydrogen) atoms. The summed E-state index contributed by atoms with van der Waals surface area (Å²) in [5.41, 5.74) is 3.24. The van der Waals surface area contributed by atoms with Gasteiger partial charge in [-0.2, -0.15) is 0 Å². The van der Waals surface area contributed by atoms with Crippen molar-refractivity contribution >= 4 is 18.0 Å². The minimum absolute atomic E-state index is 0.0857. The predicted octanol–water partition coefficient (Wildman–Crippen LogP) is 2.97. The Bertz CT molecular complexity index is 1030.